The van der Waals surface area contributed by atoms with Gasteiger partial charge in [-0.05, 0) is 18.2 Å². The number of hydrogen-bond acceptors (Lipinski definition) is 5. The summed E-state index contributed by atoms with van der Waals surface area (Å²) in [7, 11) is 5.14. The Labute approximate surface area is 154 Å². The van der Waals surface area contributed by atoms with E-state index in [-0.39, 0.29) is 5.56 Å². The molecule has 0 fully saturated rings. The van der Waals surface area contributed by atoms with Crippen LogP contribution < -0.4 is 19.9 Å². The van der Waals surface area contributed by atoms with Crippen LogP contribution in [0.3, 0.4) is 0 Å². The molecule has 0 aliphatic heterocycles. The highest BCUT2D eigenvalue weighted by Crippen LogP contribution is 2.29. The fourth-order valence-electron chi connectivity index (χ4n) is 2.69. The second kappa shape index (κ2) is 7.43. The molecule has 25 heavy (non-hydrogen) atoms. The minimum Gasteiger partial charge on any atom is -0.493 e. The Morgan fingerprint density at radius 1 is 1.20 bits per heavy atom. The third-order valence-electron chi connectivity index (χ3n) is 3.83. The fourth-order valence-corrected chi connectivity index (χ4v) is 3.89. The summed E-state index contributed by atoms with van der Waals surface area (Å²) >= 11 is 7.53. The van der Waals surface area contributed by atoms with Crippen molar-refractivity contribution in [2.24, 2.45) is 0 Å². The first-order valence-electron chi connectivity index (χ1n) is 7.70. The molecule has 8 heteroatoms. The van der Waals surface area contributed by atoms with Gasteiger partial charge >= 0.3 is 0 Å². The van der Waals surface area contributed by atoms with Crippen LogP contribution in [0.25, 0.3) is 10.9 Å². The third kappa shape index (κ3) is 3.95. The normalized spacial score (nSPS) is 12.3. The van der Waals surface area contributed by atoms with Gasteiger partial charge in [-0.3, -0.25) is 4.79 Å². The molecule has 0 radical (unpaired) electrons. The van der Waals surface area contributed by atoms with E-state index in [4.69, 9.17) is 21.1 Å². The lowest BCUT2D eigenvalue weighted by Crippen LogP contribution is -3.06. The van der Waals surface area contributed by atoms with Crippen LogP contribution in [0.4, 0.5) is 0 Å². The topological polar surface area (TPSA) is 68.7 Å². The molecular formula is C17H19ClN3O3S+. The number of aromatic nitrogens is 2. The number of methoxy groups -OCH3 is 2. The van der Waals surface area contributed by atoms with Crippen molar-refractivity contribution < 1.29 is 14.4 Å². The highest BCUT2D eigenvalue weighted by molar-refractivity contribution is 7.16. The number of thiophene rings is 1. The van der Waals surface area contributed by atoms with Gasteiger partial charge in [0.05, 0.1) is 41.4 Å². The van der Waals surface area contributed by atoms with Gasteiger partial charge in [-0.1, -0.05) is 11.6 Å². The lowest BCUT2D eigenvalue weighted by Gasteiger charge is -2.13. The van der Waals surface area contributed by atoms with E-state index in [2.05, 4.69) is 9.97 Å². The molecule has 1 atom stereocenters. The van der Waals surface area contributed by atoms with Gasteiger partial charge in [-0.2, -0.15) is 0 Å². The average molecular weight is 381 g/mol. The van der Waals surface area contributed by atoms with Crippen molar-refractivity contribution in [2.75, 3.05) is 21.3 Å². The molecule has 2 N–H and O–H groups in total. The van der Waals surface area contributed by atoms with Crippen LogP contribution in [0.5, 0.6) is 11.5 Å². The minimum atomic E-state index is -0.187. The lowest BCUT2D eigenvalue weighted by molar-refractivity contribution is -0.908. The van der Waals surface area contributed by atoms with E-state index >= 15 is 0 Å². The average Bonchev–Trinajstić information content (AvgIpc) is 2.98. The Morgan fingerprint density at radius 3 is 2.56 bits per heavy atom. The quantitative estimate of drug-likeness (QED) is 0.685. The van der Waals surface area contributed by atoms with Crippen LogP contribution in [0.15, 0.2) is 29.1 Å². The van der Waals surface area contributed by atoms with E-state index in [1.54, 1.807) is 30.6 Å². The molecule has 2 aromatic heterocycles. The van der Waals surface area contributed by atoms with Crippen LogP contribution in [0, 0.1) is 0 Å². The van der Waals surface area contributed by atoms with Gasteiger partial charge < -0.3 is 19.4 Å². The molecule has 132 valence electrons. The molecule has 0 aliphatic carbocycles. The van der Waals surface area contributed by atoms with E-state index in [0.29, 0.717) is 34.8 Å². The van der Waals surface area contributed by atoms with Gasteiger partial charge in [0.15, 0.2) is 17.3 Å². The first-order chi connectivity index (χ1) is 12.0. The van der Waals surface area contributed by atoms with Gasteiger partial charge in [0.25, 0.3) is 5.56 Å². The number of quaternary nitrogens is 1. The van der Waals surface area contributed by atoms with E-state index in [1.807, 2.05) is 19.2 Å². The Kier molecular flexibility index (Phi) is 5.27. The number of halogens is 1. The molecule has 0 amide bonds. The Hall–Kier alpha value is -2.09. The lowest BCUT2D eigenvalue weighted by atomic mass is 10.2. The van der Waals surface area contributed by atoms with Crippen molar-refractivity contribution in [2.45, 2.75) is 13.1 Å². The number of ether oxygens (including phenoxy) is 2. The Balaban J connectivity index is 1.88. The van der Waals surface area contributed by atoms with Gasteiger partial charge in [-0.15, -0.1) is 11.3 Å². The summed E-state index contributed by atoms with van der Waals surface area (Å²) in [5.41, 5.74) is 0.399. The summed E-state index contributed by atoms with van der Waals surface area (Å²) in [4.78, 5) is 22.2. The molecule has 0 aliphatic rings. The second-order valence-corrected chi connectivity index (χ2v) is 7.55. The molecule has 0 bridgehead atoms. The van der Waals surface area contributed by atoms with E-state index < -0.39 is 0 Å². The second-order valence-electron chi connectivity index (χ2n) is 5.75. The van der Waals surface area contributed by atoms with Crippen LogP contribution in [-0.2, 0) is 13.1 Å². The molecular weight excluding hydrogens is 362 g/mol. The maximum atomic E-state index is 12.4. The van der Waals surface area contributed by atoms with Crippen LogP contribution in [-0.4, -0.2) is 31.2 Å². The molecule has 1 aromatic carbocycles. The zero-order chi connectivity index (χ0) is 18.0. The third-order valence-corrected chi connectivity index (χ3v) is 5.06. The molecule has 0 saturated heterocycles. The van der Waals surface area contributed by atoms with Crippen molar-refractivity contribution in [3.63, 3.8) is 0 Å². The smallest absolute Gasteiger partial charge is 0.259 e. The van der Waals surface area contributed by atoms with Gasteiger partial charge in [-0.25, -0.2) is 4.98 Å². The number of nitrogens with one attached hydrogen (secondary N) is 2. The summed E-state index contributed by atoms with van der Waals surface area (Å²) in [5, 5.41) is 0.476. The van der Waals surface area contributed by atoms with Crippen molar-refractivity contribution in [1.82, 2.24) is 9.97 Å². The molecule has 0 saturated carbocycles. The van der Waals surface area contributed by atoms with Crippen molar-refractivity contribution in [3.8, 4) is 11.5 Å². The number of fused-ring (bicyclic) bond motifs is 1. The number of benzene rings is 1. The predicted octanol–water partition coefficient (Wildman–Crippen LogP) is 1.87. The molecule has 1 unspecified atom stereocenters. The minimum absolute atomic E-state index is 0.187. The number of rotatable bonds is 6. The Bertz CT molecular complexity index is 954. The SMILES string of the molecule is COc1cc2nc(C[NH+](C)Cc3ccc(Cl)s3)[nH]c(=O)c2cc1OC. The van der Waals surface area contributed by atoms with E-state index in [0.717, 1.165) is 10.9 Å². The van der Waals surface area contributed by atoms with Crippen LogP contribution in [0.2, 0.25) is 4.34 Å². The zero-order valence-corrected chi connectivity index (χ0v) is 15.8. The summed E-state index contributed by atoms with van der Waals surface area (Å²) < 4.78 is 11.3. The fraction of sp³-hybridized carbons (Fsp3) is 0.294. The highest BCUT2D eigenvalue weighted by atomic mass is 35.5. The van der Waals surface area contributed by atoms with Gasteiger partial charge in [0, 0.05) is 6.07 Å². The first-order valence-corrected chi connectivity index (χ1v) is 8.90. The molecule has 2 heterocycles. The van der Waals surface area contributed by atoms with Crippen molar-refractivity contribution in [1.29, 1.82) is 0 Å². The van der Waals surface area contributed by atoms with E-state index in [1.165, 1.54) is 16.9 Å². The number of nitrogens with zero attached hydrogens (tertiary/aromatic N) is 1. The monoisotopic (exact) mass is 380 g/mol. The molecule has 3 rings (SSSR count). The number of aromatic amines is 1. The maximum absolute atomic E-state index is 12.4. The standard InChI is InChI=1S/C17H18ClN3O3S/c1-21(8-10-4-5-15(18)25-10)9-16-19-12-7-14(24-3)13(23-2)6-11(12)17(22)20-16/h4-7H,8-9H2,1-3H3,(H,19,20,22)/p+1. The van der Waals surface area contributed by atoms with Crippen molar-refractivity contribution in [3.05, 3.63) is 49.7 Å². The summed E-state index contributed by atoms with van der Waals surface area (Å²) in [5.74, 6) is 1.69. The largest absolute Gasteiger partial charge is 0.493 e. The Morgan fingerprint density at radius 2 is 1.92 bits per heavy atom. The summed E-state index contributed by atoms with van der Waals surface area (Å²) in [6.07, 6.45) is 0. The first kappa shape index (κ1) is 17.7. The summed E-state index contributed by atoms with van der Waals surface area (Å²) in [6.45, 7) is 1.40. The van der Waals surface area contributed by atoms with Gasteiger partial charge in [0.1, 0.15) is 13.1 Å². The van der Waals surface area contributed by atoms with Crippen LogP contribution in [0.1, 0.15) is 10.7 Å². The van der Waals surface area contributed by atoms with Crippen LogP contribution >= 0.6 is 22.9 Å². The zero-order valence-electron chi connectivity index (χ0n) is 14.2. The number of hydrogen-bond donors (Lipinski definition) is 2. The molecule has 0 spiro atoms. The van der Waals surface area contributed by atoms with E-state index in [9.17, 15) is 4.79 Å². The van der Waals surface area contributed by atoms with Crippen molar-refractivity contribution >= 4 is 33.8 Å². The summed E-state index contributed by atoms with van der Waals surface area (Å²) in [6, 6.07) is 7.28. The molecule has 6 nitrogen and oxygen atoms in total. The predicted molar refractivity (Wildman–Crippen MR) is 99.1 cm³/mol. The molecule has 3 aromatic rings. The number of H-pyrrole nitrogens is 1. The maximum Gasteiger partial charge on any atom is 0.259 e. The van der Waals surface area contributed by atoms with Gasteiger partial charge in [0.2, 0.25) is 0 Å². The highest BCUT2D eigenvalue weighted by Gasteiger charge is 2.14.